The zero-order chi connectivity index (χ0) is 18.1. The zero-order valence-electron chi connectivity index (χ0n) is 14.5. The molecule has 6 nitrogen and oxygen atoms in total. The SMILES string of the molecule is Cc1c(C(=O)N(C)Cc2csc(-c3ccccc3)n2)cnc2ccnn12. The van der Waals surface area contributed by atoms with Gasteiger partial charge in [0, 0.05) is 30.3 Å². The van der Waals surface area contributed by atoms with Gasteiger partial charge in [-0.05, 0) is 6.92 Å². The Balaban J connectivity index is 1.54. The smallest absolute Gasteiger partial charge is 0.257 e. The minimum atomic E-state index is -0.0957. The van der Waals surface area contributed by atoms with Crippen molar-refractivity contribution < 1.29 is 4.79 Å². The lowest BCUT2D eigenvalue weighted by Crippen LogP contribution is -2.27. The Kier molecular flexibility index (Phi) is 4.22. The minimum absolute atomic E-state index is 0.0957. The summed E-state index contributed by atoms with van der Waals surface area (Å²) in [4.78, 5) is 23.4. The number of carbonyl (C=O) groups is 1. The Morgan fingerprint density at radius 1 is 1.23 bits per heavy atom. The van der Waals surface area contributed by atoms with E-state index in [1.165, 1.54) is 0 Å². The first kappa shape index (κ1) is 16.4. The molecular formula is C19H17N5OS. The monoisotopic (exact) mass is 363 g/mol. The van der Waals surface area contributed by atoms with E-state index in [0.717, 1.165) is 27.6 Å². The van der Waals surface area contributed by atoms with E-state index in [-0.39, 0.29) is 5.91 Å². The molecule has 0 spiro atoms. The molecule has 4 rings (SSSR count). The third-order valence-electron chi connectivity index (χ3n) is 4.20. The maximum absolute atomic E-state index is 12.8. The van der Waals surface area contributed by atoms with Crippen molar-refractivity contribution in [1.29, 1.82) is 0 Å². The van der Waals surface area contributed by atoms with E-state index in [9.17, 15) is 4.79 Å². The third-order valence-corrected chi connectivity index (χ3v) is 5.15. The number of nitrogens with zero attached hydrogens (tertiary/aromatic N) is 5. The van der Waals surface area contributed by atoms with Crippen molar-refractivity contribution in [3.8, 4) is 10.6 Å². The van der Waals surface area contributed by atoms with Crippen LogP contribution in [0.25, 0.3) is 16.2 Å². The highest BCUT2D eigenvalue weighted by atomic mass is 32.1. The van der Waals surface area contributed by atoms with Gasteiger partial charge in [-0.3, -0.25) is 4.79 Å². The second-order valence-corrected chi connectivity index (χ2v) is 6.89. The minimum Gasteiger partial charge on any atom is -0.336 e. The summed E-state index contributed by atoms with van der Waals surface area (Å²) in [5, 5.41) is 7.16. The Bertz CT molecular complexity index is 1070. The molecule has 26 heavy (non-hydrogen) atoms. The number of rotatable bonds is 4. The normalized spacial score (nSPS) is 11.0. The first-order valence-electron chi connectivity index (χ1n) is 8.18. The highest BCUT2D eigenvalue weighted by Gasteiger charge is 2.18. The van der Waals surface area contributed by atoms with Crippen LogP contribution >= 0.6 is 11.3 Å². The molecule has 0 N–H and O–H groups in total. The summed E-state index contributed by atoms with van der Waals surface area (Å²) in [5.74, 6) is -0.0957. The average molecular weight is 363 g/mol. The van der Waals surface area contributed by atoms with Crippen molar-refractivity contribution >= 4 is 22.9 Å². The summed E-state index contributed by atoms with van der Waals surface area (Å²) < 4.78 is 1.68. The molecule has 0 saturated heterocycles. The summed E-state index contributed by atoms with van der Waals surface area (Å²) >= 11 is 1.58. The summed E-state index contributed by atoms with van der Waals surface area (Å²) in [7, 11) is 1.77. The summed E-state index contributed by atoms with van der Waals surface area (Å²) in [5.41, 5.74) is 4.01. The first-order chi connectivity index (χ1) is 12.6. The Hall–Kier alpha value is -3.06. The molecule has 1 amide bonds. The van der Waals surface area contributed by atoms with Gasteiger partial charge in [-0.1, -0.05) is 30.3 Å². The molecule has 0 atom stereocenters. The molecule has 0 saturated carbocycles. The topological polar surface area (TPSA) is 63.4 Å². The van der Waals surface area contributed by atoms with E-state index < -0.39 is 0 Å². The summed E-state index contributed by atoms with van der Waals surface area (Å²) in [6, 6.07) is 11.8. The van der Waals surface area contributed by atoms with Crippen LogP contribution in [0.1, 0.15) is 21.7 Å². The first-order valence-corrected chi connectivity index (χ1v) is 9.06. The molecule has 3 aromatic heterocycles. The van der Waals surface area contributed by atoms with Crippen molar-refractivity contribution in [2.45, 2.75) is 13.5 Å². The van der Waals surface area contributed by atoms with E-state index in [1.807, 2.05) is 48.7 Å². The maximum atomic E-state index is 12.8. The number of aryl methyl sites for hydroxylation is 1. The van der Waals surface area contributed by atoms with Crippen LogP contribution in [0, 0.1) is 6.92 Å². The van der Waals surface area contributed by atoms with E-state index in [0.29, 0.717) is 12.1 Å². The van der Waals surface area contributed by atoms with Gasteiger partial charge in [-0.2, -0.15) is 5.10 Å². The molecule has 0 aliphatic carbocycles. The number of benzene rings is 1. The Morgan fingerprint density at radius 2 is 2.04 bits per heavy atom. The fraction of sp³-hybridized carbons (Fsp3) is 0.158. The quantitative estimate of drug-likeness (QED) is 0.557. The molecule has 0 fully saturated rings. The average Bonchev–Trinajstić information content (AvgIpc) is 3.32. The molecule has 0 aliphatic heterocycles. The van der Waals surface area contributed by atoms with Crippen LogP contribution < -0.4 is 0 Å². The highest BCUT2D eigenvalue weighted by Crippen LogP contribution is 2.24. The fourth-order valence-corrected chi connectivity index (χ4v) is 3.63. The predicted molar refractivity (Wildman–Crippen MR) is 101 cm³/mol. The van der Waals surface area contributed by atoms with Gasteiger partial charge in [0.25, 0.3) is 5.91 Å². The van der Waals surface area contributed by atoms with Gasteiger partial charge in [0.15, 0.2) is 5.65 Å². The van der Waals surface area contributed by atoms with Crippen LogP contribution in [0.5, 0.6) is 0 Å². The van der Waals surface area contributed by atoms with E-state index in [1.54, 1.807) is 40.2 Å². The van der Waals surface area contributed by atoms with Gasteiger partial charge < -0.3 is 4.90 Å². The van der Waals surface area contributed by atoms with E-state index in [2.05, 4.69) is 15.1 Å². The van der Waals surface area contributed by atoms with Crippen LogP contribution in [0.15, 0.2) is 54.2 Å². The Labute approximate surface area is 154 Å². The van der Waals surface area contributed by atoms with E-state index in [4.69, 9.17) is 0 Å². The zero-order valence-corrected chi connectivity index (χ0v) is 15.3. The number of hydrogen-bond acceptors (Lipinski definition) is 5. The fourth-order valence-electron chi connectivity index (χ4n) is 2.81. The highest BCUT2D eigenvalue weighted by molar-refractivity contribution is 7.13. The molecule has 0 aliphatic rings. The molecule has 3 heterocycles. The van der Waals surface area contributed by atoms with Crippen molar-refractivity contribution in [1.82, 2.24) is 24.5 Å². The number of amides is 1. The second kappa shape index (κ2) is 6.68. The van der Waals surface area contributed by atoms with Gasteiger partial charge in [0.1, 0.15) is 5.01 Å². The van der Waals surface area contributed by atoms with Gasteiger partial charge in [-0.15, -0.1) is 11.3 Å². The van der Waals surface area contributed by atoms with E-state index >= 15 is 0 Å². The molecule has 4 aromatic rings. The third kappa shape index (κ3) is 2.97. The van der Waals surface area contributed by atoms with Crippen molar-refractivity contribution in [3.63, 3.8) is 0 Å². The van der Waals surface area contributed by atoms with Gasteiger partial charge in [-0.25, -0.2) is 14.5 Å². The number of aromatic nitrogens is 4. The standard InChI is InChI=1S/C19H17N5OS/c1-13-16(10-20-17-8-9-21-24(13)17)19(25)23(2)11-15-12-26-18(22-15)14-6-4-3-5-7-14/h3-10,12H,11H2,1-2H3. The number of fused-ring (bicyclic) bond motifs is 1. The van der Waals surface area contributed by atoms with Crippen LogP contribution in [0.2, 0.25) is 0 Å². The lowest BCUT2D eigenvalue weighted by atomic mass is 10.2. The lowest BCUT2D eigenvalue weighted by molar-refractivity contribution is 0.0781. The number of thiazole rings is 1. The molecule has 0 radical (unpaired) electrons. The molecule has 7 heteroatoms. The molecular weight excluding hydrogens is 346 g/mol. The van der Waals surface area contributed by atoms with Crippen LogP contribution in [0.3, 0.4) is 0 Å². The molecule has 130 valence electrons. The lowest BCUT2D eigenvalue weighted by Gasteiger charge is -2.17. The maximum Gasteiger partial charge on any atom is 0.257 e. The summed E-state index contributed by atoms with van der Waals surface area (Å²) in [6.45, 7) is 2.32. The number of hydrogen-bond donors (Lipinski definition) is 0. The summed E-state index contributed by atoms with van der Waals surface area (Å²) in [6.07, 6.45) is 3.29. The van der Waals surface area contributed by atoms with Gasteiger partial charge in [0.05, 0.1) is 29.7 Å². The van der Waals surface area contributed by atoms with Crippen molar-refractivity contribution in [2.75, 3.05) is 7.05 Å². The van der Waals surface area contributed by atoms with Crippen LogP contribution in [-0.4, -0.2) is 37.4 Å². The van der Waals surface area contributed by atoms with Crippen LogP contribution in [0.4, 0.5) is 0 Å². The largest absolute Gasteiger partial charge is 0.336 e. The van der Waals surface area contributed by atoms with Crippen LogP contribution in [-0.2, 0) is 6.54 Å². The molecule has 0 bridgehead atoms. The van der Waals surface area contributed by atoms with Gasteiger partial charge in [0.2, 0.25) is 0 Å². The molecule has 1 aromatic carbocycles. The number of carbonyl (C=O) groups excluding carboxylic acids is 1. The predicted octanol–water partition coefficient (Wildman–Crippen LogP) is 3.43. The second-order valence-electron chi connectivity index (χ2n) is 6.03. The van der Waals surface area contributed by atoms with Crippen molar-refractivity contribution in [2.24, 2.45) is 0 Å². The Morgan fingerprint density at radius 3 is 2.85 bits per heavy atom. The molecule has 0 unspecified atom stereocenters. The van der Waals surface area contributed by atoms with Crippen molar-refractivity contribution in [3.05, 3.63) is 71.1 Å². The van der Waals surface area contributed by atoms with Gasteiger partial charge >= 0.3 is 0 Å².